The van der Waals surface area contributed by atoms with Gasteiger partial charge in [-0.25, -0.2) is 4.39 Å². The maximum Gasteiger partial charge on any atom is 0.249 e. The zero-order valence-electron chi connectivity index (χ0n) is 11.7. The average molecular weight is 280 g/mol. The summed E-state index contributed by atoms with van der Waals surface area (Å²) in [4.78, 5) is 11.8. The monoisotopic (exact) mass is 280 g/mol. The van der Waals surface area contributed by atoms with Crippen molar-refractivity contribution < 1.29 is 13.9 Å². The highest BCUT2D eigenvalue weighted by molar-refractivity contribution is 5.80. The zero-order valence-corrected chi connectivity index (χ0v) is 11.7. The standard InChI is InChI=1S/C15H21FN2O2/c1-11-6-7-14(20-11)15(19)18-9-3-8-17-13-5-2-4-12(16)10-13/h2,4-5,10-11,14,17H,3,6-9H2,1H3,(H,18,19)/t11-,14+/m0/s1. The number of benzene rings is 1. The lowest BCUT2D eigenvalue weighted by Crippen LogP contribution is -2.35. The molecule has 0 unspecified atom stereocenters. The van der Waals surface area contributed by atoms with Gasteiger partial charge in [-0.2, -0.15) is 0 Å². The minimum absolute atomic E-state index is 0.0277. The van der Waals surface area contributed by atoms with Gasteiger partial charge in [0.05, 0.1) is 6.10 Å². The summed E-state index contributed by atoms with van der Waals surface area (Å²) in [6, 6.07) is 6.34. The molecule has 0 bridgehead atoms. The van der Waals surface area contributed by atoms with Crippen LogP contribution >= 0.6 is 0 Å². The Morgan fingerprint density at radius 1 is 1.40 bits per heavy atom. The number of ether oxygens (including phenoxy) is 1. The first-order valence-corrected chi connectivity index (χ1v) is 7.08. The van der Waals surface area contributed by atoms with Crippen LogP contribution in [0, 0.1) is 5.82 Å². The highest BCUT2D eigenvalue weighted by Gasteiger charge is 2.27. The van der Waals surface area contributed by atoms with Gasteiger partial charge in [-0.15, -0.1) is 0 Å². The molecule has 0 radical (unpaired) electrons. The Bertz CT molecular complexity index is 453. The molecule has 2 rings (SSSR count). The van der Waals surface area contributed by atoms with E-state index in [1.807, 2.05) is 13.0 Å². The van der Waals surface area contributed by atoms with E-state index in [1.165, 1.54) is 12.1 Å². The van der Waals surface area contributed by atoms with Crippen LogP contribution in [0.5, 0.6) is 0 Å². The lowest BCUT2D eigenvalue weighted by molar-refractivity contribution is -0.131. The highest BCUT2D eigenvalue weighted by atomic mass is 19.1. The van der Waals surface area contributed by atoms with E-state index >= 15 is 0 Å². The van der Waals surface area contributed by atoms with Crippen LogP contribution in [-0.2, 0) is 9.53 Å². The van der Waals surface area contributed by atoms with Crippen molar-refractivity contribution in [2.24, 2.45) is 0 Å². The molecule has 2 atom stereocenters. The molecule has 1 aromatic rings. The topological polar surface area (TPSA) is 50.4 Å². The molecule has 20 heavy (non-hydrogen) atoms. The average Bonchev–Trinajstić information content (AvgIpc) is 2.85. The second kappa shape index (κ2) is 7.24. The number of rotatable bonds is 6. The van der Waals surface area contributed by atoms with Crippen molar-refractivity contribution in [3.63, 3.8) is 0 Å². The fraction of sp³-hybridized carbons (Fsp3) is 0.533. The maximum atomic E-state index is 12.9. The quantitative estimate of drug-likeness (QED) is 0.786. The number of anilines is 1. The van der Waals surface area contributed by atoms with E-state index in [-0.39, 0.29) is 23.9 Å². The van der Waals surface area contributed by atoms with E-state index in [0.717, 1.165) is 24.9 Å². The third kappa shape index (κ3) is 4.49. The molecule has 0 saturated carbocycles. The lowest BCUT2D eigenvalue weighted by atomic mass is 10.2. The molecule has 0 aliphatic carbocycles. The summed E-state index contributed by atoms with van der Waals surface area (Å²) in [7, 11) is 0. The molecular formula is C15H21FN2O2. The number of hydrogen-bond donors (Lipinski definition) is 2. The Hall–Kier alpha value is -1.62. The van der Waals surface area contributed by atoms with Crippen LogP contribution in [-0.4, -0.2) is 31.2 Å². The molecule has 1 amide bonds. The molecule has 2 N–H and O–H groups in total. The highest BCUT2D eigenvalue weighted by Crippen LogP contribution is 2.18. The van der Waals surface area contributed by atoms with Crippen LogP contribution in [0.15, 0.2) is 24.3 Å². The number of hydrogen-bond acceptors (Lipinski definition) is 3. The first-order valence-electron chi connectivity index (χ1n) is 7.08. The Labute approximate surface area is 118 Å². The van der Waals surface area contributed by atoms with Crippen molar-refractivity contribution in [3.05, 3.63) is 30.1 Å². The molecular weight excluding hydrogens is 259 g/mol. The number of halogens is 1. The SMILES string of the molecule is C[C@H]1CC[C@H](C(=O)NCCCNc2cccc(F)c2)O1. The number of amides is 1. The number of carbonyl (C=O) groups is 1. The van der Waals surface area contributed by atoms with E-state index in [4.69, 9.17) is 4.74 Å². The Kier molecular flexibility index (Phi) is 5.35. The molecule has 4 nitrogen and oxygen atoms in total. The van der Waals surface area contributed by atoms with Crippen molar-refractivity contribution >= 4 is 11.6 Å². The second-order valence-electron chi connectivity index (χ2n) is 5.09. The minimum Gasteiger partial charge on any atom is -0.385 e. The van der Waals surface area contributed by atoms with Crippen molar-refractivity contribution in [3.8, 4) is 0 Å². The predicted molar refractivity (Wildman–Crippen MR) is 76.1 cm³/mol. The molecule has 1 aromatic carbocycles. The minimum atomic E-state index is -0.291. The zero-order chi connectivity index (χ0) is 14.4. The van der Waals surface area contributed by atoms with E-state index in [2.05, 4.69) is 10.6 Å². The van der Waals surface area contributed by atoms with Crippen LogP contribution in [0.3, 0.4) is 0 Å². The Morgan fingerprint density at radius 3 is 2.95 bits per heavy atom. The van der Waals surface area contributed by atoms with Gasteiger partial charge in [-0.05, 0) is 44.4 Å². The largest absolute Gasteiger partial charge is 0.385 e. The van der Waals surface area contributed by atoms with Gasteiger partial charge >= 0.3 is 0 Å². The summed E-state index contributed by atoms with van der Waals surface area (Å²) < 4.78 is 18.4. The third-order valence-corrected chi connectivity index (χ3v) is 3.33. The summed E-state index contributed by atoms with van der Waals surface area (Å²) in [5, 5.41) is 5.98. The summed E-state index contributed by atoms with van der Waals surface area (Å²) in [5.41, 5.74) is 0.754. The predicted octanol–water partition coefficient (Wildman–Crippen LogP) is 2.31. The fourth-order valence-electron chi connectivity index (χ4n) is 2.24. The van der Waals surface area contributed by atoms with Gasteiger partial charge in [0, 0.05) is 18.8 Å². The van der Waals surface area contributed by atoms with Gasteiger partial charge in [0.15, 0.2) is 0 Å². The Balaban J connectivity index is 1.58. The van der Waals surface area contributed by atoms with Gasteiger partial charge in [-0.3, -0.25) is 4.79 Å². The van der Waals surface area contributed by atoms with Crippen LogP contribution in [0.1, 0.15) is 26.2 Å². The van der Waals surface area contributed by atoms with Crippen LogP contribution in [0.4, 0.5) is 10.1 Å². The molecule has 110 valence electrons. The number of nitrogens with one attached hydrogen (secondary N) is 2. The molecule has 1 heterocycles. The van der Waals surface area contributed by atoms with Gasteiger partial charge in [0.1, 0.15) is 11.9 Å². The molecule has 5 heteroatoms. The van der Waals surface area contributed by atoms with E-state index in [0.29, 0.717) is 13.1 Å². The second-order valence-corrected chi connectivity index (χ2v) is 5.09. The van der Waals surface area contributed by atoms with Crippen LogP contribution < -0.4 is 10.6 Å². The third-order valence-electron chi connectivity index (χ3n) is 3.33. The molecule has 1 saturated heterocycles. The normalized spacial score (nSPS) is 21.7. The van der Waals surface area contributed by atoms with Gasteiger partial charge < -0.3 is 15.4 Å². The molecule has 0 spiro atoms. The van der Waals surface area contributed by atoms with Crippen molar-refractivity contribution in [1.29, 1.82) is 0 Å². The summed E-state index contributed by atoms with van der Waals surface area (Å²) in [6.45, 7) is 3.26. The lowest BCUT2D eigenvalue weighted by Gasteiger charge is -2.12. The smallest absolute Gasteiger partial charge is 0.249 e. The number of carbonyl (C=O) groups excluding carboxylic acids is 1. The van der Waals surface area contributed by atoms with Crippen molar-refractivity contribution in [1.82, 2.24) is 5.32 Å². The molecule has 1 aliphatic rings. The molecule has 1 aliphatic heterocycles. The van der Waals surface area contributed by atoms with Crippen molar-refractivity contribution in [2.45, 2.75) is 38.4 Å². The van der Waals surface area contributed by atoms with Gasteiger partial charge in [-0.1, -0.05) is 6.07 Å². The van der Waals surface area contributed by atoms with E-state index in [1.54, 1.807) is 6.07 Å². The fourth-order valence-corrected chi connectivity index (χ4v) is 2.24. The summed E-state index contributed by atoms with van der Waals surface area (Å²) in [5.74, 6) is -0.282. The molecule has 0 aromatic heterocycles. The van der Waals surface area contributed by atoms with E-state index in [9.17, 15) is 9.18 Å². The first-order chi connectivity index (χ1) is 9.65. The first kappa shape index (κ1) is 14.8. The van der Waals surface area contributed by atoms with Crippen LogP contribution in [0.25, 0.3) is 0 Å². The van der Waals surface area contributed by atoms with Gasteiger partial charge in [0.2, 0.25) is 5.91 Å². The Morgan fingerprint density at radius 2 is 2.25 bits per heavy atom. The van der Waals surface area contributed by atoms with Gasteiger partial charge in [0.25, 0.3) is 0 Å². The van der Waals surface area contributed by atoms with Crippen molar-refractivity contribution in [2.75, 3.05) is 18.4 Å². The summed E-state index contributed by atoms with van der Waals surface area (Å²) in [6.07, 6.45) is 2.42. The van der Waals surface area contributed by atoms with E-state index < -0.39 is 0 Å². The summed E-state index contributed by atoms with van der Waals surface area (Å²) >= 11 is 0. The maximum absolute atomic E-state index is 12.9. The molecule has 1 fully saturated rings. The van der Waals surface area contributed by atoms with Crippen LogP contribution in [0.2, 0.25) is 0 Å².